The number of primary sulfonamides is 1. The molecule has 6 amide bonds. The van der Waals surface area contributed by atoms with E-state index in [-0.39, 0.29) is 102 Å². The summed E-state index contributed by atoms with van der Waals surface area (Å²) < 4.78 is 125. The van der Waals surface area contributed by atoms with E-state index in [1.54, 1.807) is 122 Å². The number of nitrogens with two attached hydrogens (primary N) is 2. The number of pyridine rings is 1. The number of primary amides is 1. The highest BCUT2D eigenvalue weighted by Gasteiger charge is 2.35. The SMILES string of the molecule is CCOC(=O)c1c(OC)cc(/C=C2/C(C)=C(CC(=O)NCc3ccco3)c3cc(F)ccc32)cc1OC.COc1cc(/C=C2/C(C)=C(CC(=O)NCc3cnccc3C)c3cc(F)ccc32)cc(OC)c1NC(N)=O.COc1ccc2c(c1)C(CC(=O)NC1CCN(C)C1)=C(C)/C2=C/c1cc(OC)c(S(N)(=O)=O)c(OC)c1.COc1ccc2c(c1)C(CC(=O)NCc1cccn1C)=C(C)/C2=C/c1cc(OC)c(OC)c(OC)c1. The molecule has 0 bridgehead atoms. The molecule has 3 aromatic heterocycles. The Labute approximate surface area is 859 Å². The normalized spacial score (nSPS) is 14.8. The van der Waals surface area contributed by atoms with Crippen molar-refractivity contribution in [3.8, 4) is 63.2 Å². The largest absolute Gasteiger partial charge is 0.497 e. The average molecular weight is 2040 g/mol. The highest BCUT2D eigenvalue weighted by Crippen LogP contribution is 2.52. The lowest BCUT2D eigenvalue weighted by atomic mass is 9.99. The summed E-state index contributed by atoms with van der Waals surface area (Å²) in [6, 6.07) is 43.6. The van der Waals surface area contributed by atoms with Crippen molar-refractivity contribution in [1.82, 2.24) is 35.7 Å². The maximum Gasteiger partial charge on any atom is 0.345 e. The molecule has 4 heterocycles. The molecule has 1 aliphatic heterocycles. The molecule has 0 radical (unpaired) electrons. The number of hydrogen-bond donors (Lipinski definition) is 7. The number of carbonyl (C=O) groups excluding carboxylic acids is 6. The third-order valence-electron chi connectivity index (χ3n) is 26.1. The second-order valence-corrected chi connectivity index (χ2v) is 36.8. The van der Waals surface area contributed by atoms with E-state index in [1.807, 2.05) is 130 Å². The molecule has 4 aliphatic carbocycles. The Morgan fingerprint density at radius 2 is 0.885 bits per heavy atom. The Morgan fingerprint density at radius 1 is 0.473 bits per heavy atom. The summed E-state index contributed by atoms with van der Waals surface area (Å²) in [7, 11) is 16.6. The lowest BCUT2D eigenvalue weighted by molar-refractivity contribution is -0.121. The number of nitrogens with one attached hydrogen (secondary N) is 5. The number of methoxy groups -OCH3 is 11. The van der Waals surface area contributed by atoms with E-state index >= 15 is 0 Å². The maximum atomic E-state index is 14.3. The van der Waals surface area contributed by atoms with Gasteiger partial charge in [-0.1, -0.05) is 24.3 Å². The average Bonchev–Trinajstić information content (AvgIpc) is 1.62. The van der Waals surface area contributed by atoms with Crippen LogP contribution in [0.4, 0.5) is 19.3 Å². The van der Waals surface area contributed by atoms with Crippen LogP contribution in [0.3, 0.4) is 0 Å². The van der Waals surface area contributed by atoms with Gasteiger partial charge in [0.25, 0.3) is 0 Å². The van der Waals surface area contributed by atoms with Crippen molar-refractivity contribution in [3.05, 3.63) is 305 Å². The standard InChI is InChI=1S/C29H29FN4O4.C29H28FNO6.C29H32N2O5.C27H33N3O6S/c1-16-7-8-32-14-19(16)15-33-27(35)13-23-17(2)22(21-6-5-20(30)12-24(21)23)9-18-10-25(37-3)28(34-29(31)36)26(11-18)38-4;1-5-36-29(33)28-25(34-3)12-18(13-26(28)35-4)11-22-17(2)23(24-14-19(30)8-9-21(22)24)15-27(32)31-16-20-7-6-10-37-20;1-18-23(12-19-13-26(34-4)29(36-6)27(14-19)35-5)22-10-9-21(33-3)15-25(22)24(18)16-28(32)30-17-20-8-7-11-31(20)2;1-16-21(10-17-11-24(35-4)27(37(28,32)33)25(12-17)36-5)20-7-6-19(34-3)13-23(20)22(16)14-26(31)29-18-8-9-30(2)15-18/h5-12,14H,13,15H2,1-4H3,(H,33,35)(H3,31,34,36);6-14H,5,15-16H2,1-4H3,(H,31,32);7-15H,16-17H2,1-6H3,(H,30,32);6-7,10-13,18H,8-9,14-15H2,1-5H3,(H,29,31)(H2,28,32,33)/b22-9-;22-11-;23-12-;21-10-. The molecule has 1 fully saturated rings. The fourth-order valence-electron chi connectivity index (χ4n) is 18.5. The third-order valence-corrected chi connectivity index (χ3v) is 27.0. The lowest BCUT2D eigenvalue weighted by Crippen LogP contribution is -2.36. The lowest BCUT2D eigenvalue weighted by Gasteiger charge is -2.15. The number of likely N-dealkylation sites (N-methyl/N-ethyl adjacent to an activating group) is 1. The Morgan fingerprint density at radius 3 is 1.26 bits per heavy atom. The van der Waals surface area contributed by atoms with E-state index in [9.17, 15) is 46.0 Å². The number of nitrogens with zero attached hydrogens (tertiary/aromatic N) is 3. The van der Waals surface area contributed by atoms with E-state index in [1.165, 1.54) is 66.9 Å². The highest BCUT2D eigenvalue weighted by molar-refractivity contribution is 7.89. The van der Waals surface area contributed by atoms with Crippen LogP contribution in [0, 0.1) is 18.6 Å². The molecule has 774 valence electrons. The molecule has 31 nitrogen and oxygen atoms in total. The predicted octanol–water partition coefficient (Wildman–Crippen LogP) is 18.7. The van der Waals surface area contributed by atoms with Crippen molar-refractivity contribution >= 4 is 120 Å². The van der Waals surface area contributed by atoms with Gasteiger partial charge in [-0.25, -0.2) is 31.9 Å². The third kappa shape index (κ3) is 25.4. The van der Waals surface area contributed by atoms with Crippen molar-refractivity contribution in [3.63, 3.8) is 0 Å². The van der Waals surface area contributed by atoms with E-state index in [2.05, 4.69) is 56.5 Å². The van der Waals surface area contributed by atoms with Gasteiger partial charge >= 0.3 is 12.0 Å². The zero-order valence-electron chi connectivity index (χ0n) is 86.1. The van der Waals surface area contributed by atoms with E-state index in [0.29, 0.717) is 92.8 Å². The molecular formula is C114H122F2N10O21S. The van der Waals surface area contributed by atoms with Gasteiger partial charge in [-0.15, -0.1) is 0 Å². The van der Waals surface area contributed by atoms with Crippen LogP contribution in [0.2, 0.25) is 0 Å². The van der Waals surface area contributed by atoms with Gasteiger partial charge in [0, 0.05) is 50.5 Å². The van der Waals surface area contributed by atoms with Gasteiger partial charge in [0.2, 0.25) is 39.4 Å². The minimum Gasteiger partial charge on any atom is -0.497 e. The predicted molar refractivity (Wildman–Crippen MR) is 567 cm³/mol. The zero-order valence-corrected chi connectivity index (χ0v) is 87.0. The number of esters is 1. The number of halogens is 2. The van der Waals surface area contributed by atoms with Crippen molar-refractivity contribution < 1.29 is 107 Å². The van der Waals surface area contributed by atoms with Crippen LogP contribution < -0.4 is 89.6 Å². The van der Waals surface area contributed by atoms with Gasteiger partial charge in [0.05, 0.1) is 130 Å². The molecule has 0 spiro atoms. The molecule has 9 N–H and O–H groups in total. The summed E-state index contributed by atoms with van der Waals surface area (Å²) in [5.74, 6) is 3.56. The second-order valence-electron chi connectivity index (χ2n) is 35.3. The number of hydrogen-bond acceptors (Lipinski definition) is 23. The van der Waals surface area contributed by atoms with Crippen molar-refractivity contribution in [1.29, 1.82) is 0 Å². The van der Waals surface area contributed by atoms with E-state index < -0.39 is 22.0 Å². The van der Waals surface area contributed by atoms with E-state index in [0.717, 1.165) is 153 Å². The number of amides is 6. The Hall–Kier alpha value is -16.5. The highest BCUT2D eigenvalue weighted by atomic mass is 32.2. The van der Waals surface area contributed by atoms with Gasteiger partial charge < -0.3 is 103 Å². The molecule has 5 aliphatic rings. The van der Waals surface area contributed by atoms with Gasteiger partial charge in [-0.3, -0.25) is 24.2 Å². The molecule has 16 rings (SSSR count). The van der Waals surface area contributed by atoms with Crippen LogP contribution in [0.25, 0.3) is 68.9 Å². The molecule has 148 heavy (non-hydrogen) atoms. The molecule has 11 aromatic rings. The minimum absolute atomic E-state index is 0.0227. The molecule has 1 unspecified atom stereocenters. The van der Waals surface area contributed by atoms with Gasteiger partial charge in [-0.05, 0) is 358 Å². The van der Waals surface area contributed by atoms with Crippen LogP contribution in [0.15, 0.2) is 208 Å². The smallest absolute Gasteiger partial charge is 0.345 e. The van der Waals surface area contributed by atoms with Gasteiger partial charge in [0.15, 0.2) is 16.4 Å². The fourth-order valence-corrected chi connectivity index (χ4v) is 19.3. The summed E-state index contributed by atoms with van der Waals surface area (Å²) in [5.41, 5.74) is 29.4. The summed E-state index contributed by atoms with van der Waals surface area (Å²) in [6.07, 6.45) is 16.4. The first-order chi connectivity index (χ1) is 71.0. The zero-order chi connectivity index (χ0) is 107. The second kappa shape index (κ2) is 49.0. The number of urea groups is 1. The summed E-state index contributed by atoms with van der Waals surface area (Å²) >= 11 is 0. The Bertz CT molecular complexity index is 7230. The fraction of sp³-hybridized carbons (Fsp3) is 0.272. The first kappa shape index (κ1) is 109. The van der Waals surface area contributed by atoms with Gasteiger partial charge in [-0.2, -0.15) is 0 Å². The van der Waals surface area contributed by atoms with E-state index in [4.69, 9.17) is 72.1 Å². The maximum absolute atomic E-state index is 14.3. The number of ether oxygens (including phenoxy) is 12. The molecule has 0 saturated carbocycles. The number of benzene rings is 8. The first-order valence-corrected chi connectivity index (χ1v) is 48.9. The van der Waals surface area contributed by atoms with Crippen molar-refractivity contribution in [2.24, 2.45) is 17.9 Å². The monoisotopic (exact) mass is 2040 g/mol. The number of anilines is 1. The van der Waals surface area contributed by atoms with Crippen molar-refractivity contribution in [2.75, 3.05) is 110 Å². The number of aromatic nitrogens is 2. The number of allylic oxidation sites excluding steroid dienone is 8. The topological polar surface area (TPSA) is 394 Å². The van der Waals surface area contributed by atoms with Crippen LogP contribution in [0.5, 0.6) is 63.2 Å². The summed E-state index contributed by atoms with van der Waals surface area (Å²) in [5, 5.41) is 19.9. The van der Waals surface area contributed by atoms with Crippen LogP contribution >= 0.6 is 0 Å². The van der Waals surface area contributed by atoms with Crippen LogP contribution in [-0.2, 0) is 60.6 Å². The minimum atomic E-state index is -4.08. The Kier molecular flexibility index (Phi) is 36.0. The number of fused-ring (bicyclic) bond motifs is 4. The van der Waals surface area contributed by atoms with Gasteiger partial charge in [0.1, 0.15) is 74.6 Å². The molecular weight excluding hydrogens is 1920 g/mol. The van der Waals surface area contributed by atoms with Crippen molar-refractivity contribution in [2.45, 2.75) is 104 Å². The molecule has 34 heteroatoms. The number of sulfonamides is 1. The van der Waals surface area contributed by atoms with Crippen LogP contribution in [-0.4, -0.2) is 169 Å². The molecule has 8 aromatic carbocycles. The Balaban J connectivity index is 0.000000165. The number of carbonyl (C=O) groups is 6. The van der Waals surface area contributed by atoms with Crippen LogP contribution in [0.1, 0.15) is 166 Å². The first-order valence-electron chi connectivity index (χ1n) is 47.3. The molecule has 1 saturated heterocycles. The number of aryl methyl sites for hydroxylation is 2. The summed E-state index contributed by atoms with van der Waals surface area (Å²) in [4.78, 5) is 81.7. The molecule has 1 atom stereocenters. The quantitative estimate of drug-likeness (QED) is 0.0184. The number of rotatable bonds is 34. The number of likely N-dealkylation sites (tertiary alicyclic amines) is 1. The number of furan rings is 1. The summed E-state index contributed by atoms with van der Waals surface area (Å²) in [6.45, 7) is 14.7.